The topological polar surface area (TPSA) is 33.0 Å². The quantitative estimate of drug-likeness (QED) is 0.732. The monoisotopic (exact) mass is 290 g/mol. The maximum Gasteiger partial charge on any atom is 0.286 e. The lowest BCUT2D eigenvalue weighted by Gasteiger charge is -2.12. The van der Waals surface area contributed by atoms with E-state index in [1.54, 1.807) is 0 Å². The van der Waals surface area contributed by atoms with Crippen molar-refractivity contribution in [2.75, 3.05) is 0 Å². The third kappa shape index (κ3) is 4.67. The Morgan fingerprint density at radius 2 is 1.75 bits per heavy atom. The van der Waals surface area contributed by atoms with Crippen molar-refractivity contribution in [3.8, 4) is 0 Å². The Balaban J connectivity index is 0.00000200. The van der Waals surface area contributed by atoms with Crippen LogP contribution in [0.3, 0.4) is 0 Å². The molecule has 0 aliphatic heterocycles. The van der Waals surface area contributed by atoms with Gasteiger partial charge in [-0.25, -0.2) is 0 Å². The Hall–Kier alpha value is -1.87. The molecule has 106 valence electrons. The van der Waals surface area contributed by atoms with Crippen LogP contribution < -0.4 is 22.3 Å². The van der Waals surface area contributed by atoms with E-state index in [9.17, 15) is 4.79 Å². The first-order valence-electron chi connectivity index (χ1n) is 6.45. The smallest absolute Gasteiger partial charge is 0.286 e. The van der Waals surface area contributed by atoms with Gasteiger partial charge >= 0.3 is 0 Å². The summed E-state index contributed by atoms with van der Waals surface area (Å²) in [7, 11) is 0. The van der Waals surface area contributed by atoms with Gasteiger partial charge in [-0.3, -0.25) is 4.79 Å². The third-order valence-electron chi connectivity index (χ3n) is 3.06. The molecule has 0 spiro atoms. The van der Waals surface area contributed by atoms with Gasteiger partial charge in [-0.2, -0.15) is 4.57 Å². The Morgan fingerprint density at radius 3 is 2.35 bits per heavy atom. The summed E-state index contributed by atoms with van der Waals surface area (Å²) in [5.41, 5.74) is 2.30. The maximum absolute atomic E-state index is 11.9. The molecule has 1 aromatic carbocycles. The molecule has 0 bridgehead atoms. The van der Waals surface area contributed by atoms with E-state index in [4.69, 9.17) is 0 Å². The lowest BCUT2D eigenvalue weighted by Crippen LogP contribution is -3.00. The predicted octanol–water partition coefficient (Wildman–Crippen LogP) is -0.836. The van der Waals surface area contributed by atoms with Crippen LogP contribution in [0.15, 0.2) is 54.9 Å². The molecule has 20 heavy (non-hydrogen) atoms. The highest BCUT2D eigenvalue weighted by atomic mass is 35.5. The van der Waals surface area contributed by atoms with Gasteiger partial charge in [0, 0.05) is 12.1 Å². The molecule has 0 saturated carbocycles. The Labute approximate surface area is 126 Å². The van der Waals surface area contributed by atoms with Crippen LogP contribution in [-0.4, -0.2) is 5.91 Å². The van der Waals surface area contributed by atoms with Gasteiger partial charge in [-0.15, -0.1) is 0 Å². The van der Waals surface area contributed by atoms with Crippen molar-refractivity contribution in [2.24, 2.45) is 0 Å². The largest absolute Gasteiger partial charge is 1.00 e. The highest BCUT2D eigenvalue weighted by Crippen LogP contribution is 2.10. The van der Waals surface area contributed by atoms with E-state index in [0.717, 1.165) is 5.56 Å². The van der Waals surface area contributed by atoms with E-state index in [1.165, 1.54) is 5.56 Å². The first-order chi connectivity index (χ1) is 9.15. The normalized spacial score (nSPS) is 11.3. The Kier molecular flexibility index (Phi) is 6.19. The van der Waals surface area contributed by atoms with Gasteiger partial charge in [-0.05, 0) is 25.0 Å². The lowest BCUT2D eigenvalue weighted by atomic mass is 10.1. The molecule has 1 amide bonds. The van der Waals surface area contributed by atoms with Gasteiger partial charge in [0.15, 0.2) is 12.4 Å². The summed E-state index contributed by atoms with van der Waals surface area (Å²) >= 11 is 0. The zero-order chi connectivity index (χ0) is 13.7. The summed E-state index contributed by atoms with van der Waals surface area (Å²) < 4.78 is 1.88. The first kappa shape index (κ1) is 16.2. The zero-order valence-corrected chi connectivity index (χ0v) is 12.5. The molecule has 0 radical (unpaired) electrons. The van der Waals surface area contributed by atoms with Crippen LogP contribution in [-0.2, 0) is 11.3 Å². The highest BCUT2D eigenvalue weighted by molar-refractivity contribution is 5.74. The molecule has 1 unspecified atom stereocenters. The molecule has 0 saturated heterocycles. The van der Waals surface area contributed by atoms with Crippen molar-refractivity contribution in [1.82, 2.24) is 5.32 Å². The molecular weight excluding hydrogens is 272 g/mol. The number of nitrogens with zero attached hydrogens (tertiary/aromatic N) is 1. The molecule has 0 aliphatic rings. The molecule has 1 N–H and O–H groups in total. The number of aromatic nitrogens is 1. The fraction of sp³-hybridized carbons (Fsp3) is 0.250. The molecule has 0 aliphatic carbocycles. The summed E-state index contributed by atoms with van der Waals surface area (Å²) in [6.45, 7) is 4.37. The average molecular weight is 291 g/mol. The number of amides is 1. The number of benzene rings is 1. The van der Waals surface area contributed by atoms with E-state index in [1.807, 2.05) is 73.3 Å². The number of halogens is 1. The average Bonchev–Trinajstić information content (AvgIpc) is 2.42. The zero-order valence-electron chi connectivity index (χ0n) is 11.7. The van der Waals surface area contributed by atoms with Crippen molar-refractivity contribution >= 4 is 5.91 Å². The van der Waals surface area contributed by atoms with Gasteiger partial charge in [0.05, 0.1) is 6.04 Å². The number of carbonyl (C=O) groups excluding carboxylic acids is 1. The molecule has 1 heterocycles. The van der Waals surface area contributed by atoms with Gasteiger partial charge in [0.25, 0.3) is 5.91 Å². The molecule has 4 heteroatoms. The van der Waals surface area contributed by atoms with E-state index in [-0.39, 0.29) is 24.4 Å². The van der Waals surface area contributed by atoms with Crippen molar-refractivity contribution in [1.29, 1.82) is 0 Å². The molecule has 1 atom stereocenters. The van der Waals surface area contributed by atoms with E-state index in [0.29, 0.717) is 6.54 Å². The second kappa shape index (κ2) is 7.65. The number of rotatable bonds is 4. The first-order valence-corrected chi connectivity index (χ1v) is 6.45. The van der Waals surface area contributed by atoms with Gasteiger partial charge in [0.2, 0.25) is 6.54 Å². The highest BCUT2D eigenvalue weighted by Gasteiger charge is 2.12. The second-order valence-electron chi connectivity index (χ2n) is 4.75. The van der Waals surface area contributed by atoms with Gasteiger partial charge < -0.3 is 17.7 Å². The van der Waals surface area contributed by atoms with Crippen LogP contribution in [0.4, 0.5) is 0 Å². The van der Waals surface area contributed by atoms with Crippen LogP contribution in [0, 0.1) is 6.92 Å². The predicted molar refractivity (Wildman–Crippen MR) is 74.4 cm³/mol. The summed E-state index contributed by atoms with van der Waals surface area (Å²) in [6.07, 6.45) is 3.84. The minimum Gasteiger partial charge on any atom is -1.00 e. The minimum absolute atomic E-state index is 0. The summed E-state index contributed by atoms with van der Waals surface area (Å²) in [5, 5.41) is 3.00. The molecule has 2 aromatic rings. The SMILES string of the molecule is Cc1cc[n+](CC(=O)NC(C)c2ccccc2)cc1.[Cl-]. The van der Waals surface area contributed by atoms with Crippen LogP contribution >= 0.6 is 0 Å². The number of hydrogen-bond donors (Lipinski definition) is 1. The Morgan fingerprint density at radius 1 is 1.15 bits per heavy atom. The molecule has 1 aromatic heterocycles. The summed E-state index contributed by atoms with van der Waals surface area (Å²) in [5.74, 6) is 0.0187. The number of nitrogens with one attached hydrogen (secondary N) is 1. The molecule has 2 rings (SSSR count). The van der Waals surface area contributed by atoms with Gasteiger partial charge in [-0.1, -0.05) is 30.3 Å². The van der Waals surface area contributed by atoms with E-state index >= 15 is 0 Å². The number of pyridine rings is 1. The van der Waals surface area contributed by atoms with E-state index < -0.39 is 0 Å². The van der Waals surface area contributed by atoms with Crippen LogP contribution in [0.25, 0.3) is 0 Å². The number of aryl methyl sites for hydroxylation is 1. The minimum atomic E-state index is 0. The van der Waals surface area contributed by atoms with Crippen LogP contribution in [0.1, 0.15) is 24.1 Å². The molecular formula is C16H19ClN2O. The summed E-state index contributed by atoms with van der Waals surface area (Å²) in [4.78, 5) is 11.9. The lowest BCUT2D eigenvalue weighted by molar-refractivity contribution is -0.684. The van der Waals surface area contributed by atoms with Crippen molar-refractivity contribution in [3.63, 3.8) is 0 Å². The molecule has 3 nitrogen and oxygen atoms in total. The van der Waals surface area contributed by atoms with Gasteiger partial charge in [0.1, 0.15) is 0 Å². The second-order valence-corrected chi connectivity index (χ2v) is 4.75. The molecule has 0 fully saturated rings. The number of carbonyl (C=O) groups is 1. The van der Waals surface area contributed by atoms with Crippen LogP contribution in [0.5, 0.6) is 0 Å². The maximum atomic E-state index is 11.9. The summed E-state index contributed by atoms with van der Waals surface area (Å²) in [6, 6.07) is 14.0. The fourth-order valence-electron chi connectivity index (χ4n) is 1.92. The standard InChI is InChI=1S/C16H18N2O.ClH/c1-13-8-10-18(11-9-13)12-16(19)17-14(2)15-6-4-3-5-7-15;/h3-11,14H,12H2,1-2H3;1H. The van der Waals surface area contributed by atoms with Crippen molar-refractivity contribution < 1.29 is 21.8 Å². The van der Waals surface area contributed by atoms with Crippen molar-refractivity contribution in [2.45, 2.75) is 26.4 Å². The van der Waals surface area contributed by atoms with Crippen LogP contribution in [0.2, 0.25) is 0 Å². The third-order valence-corrected chi connectivity index (χ3v) is 3.06. The van der Waals surface area contributed by atoms with E-state index in [2.05, 4.69) is 5.32 Å². The van der Waals surface area contributed by atoms with Crippen molar-refractivity contribution in [3.05, 3.63) is 66.0 Å². The fourth-order valence-corrected chi connectivity index (χ4v) is 1.92. The Bertz CT molecular complexity index is 540. The number of hydrogen-bond acceptors (Lipinski definition) is 1.